The van der Waals surface area contributed by atoms with Crippen molar-refractivity contribution in [3.05, 3.63) is 24.4 Å². The molecule has 0 fully saturated rings. The van der Waals surface area contributed by atoms with Crippen molar-refractivity contribution in [2.45, 2.75) is 6.92 Å². The number of aliphatic imine (C=N–C) groups is 1. The molecule has 0 saturated carbocycles. The molecule has 0 atom stereocenters. The predicted molar refractivity (Wildman–Crippen MR) is 44.7 cm³/mol. The fourth-order valence-corrected chi connectivity index (χ4v) is 0.955. The number of aryl methyl sites for hydroxylation is 1. The van der Waals surface area contributed by atoms with Crippen LogP contribution in [0.1, 0.15) is 5.69 Å². The van der Waals surface area contributed by atoms with Crippen LogP contribution >= 0.6 is 0 Å². The second-order valence-corrected chi connectivity index (χ2v) is 2.44. The Bertz CT molecular complexity index is 371. The van der Waals surface area contributed by atoms with E-state index in [4.69, 9.17) is 4.74 Å². The molecule has 0 N–H and O–H groups in total. The van der Waals surface area contributed by atoms with E-state index in [-0.39, 0.29) is 0 Å². The van der Waals surface area contributed by atoms with Crippen LogP contribution in [-0.4, -0.2) is 16.2 Å². The maximum Gasteiger partial charge on any atom is 0.248 e. The molecular weight excluding hydrogens is 154 g/mol. The number of rotatable bonds is 0. The Labute approximate surface area is 69.6 Å². The summed E-state index contributed by atoms with van der Waals surface area (Å²) >= 11 is 0. The number of ether oxygens (including phenoxy) is 1. The molecule has 0 spiro atoms. The summed E-state index contributed by atoms with van der Waals surface area (Å²) in [4.78, 5) is 12.0. The standard InChI is InChI=1S/C8H7N3O/c1-5-3-9-7-6(2)10-4-11-8(7)12-5/h3-4H,1H2,2H3. The van der Waals surface area contributed by atoms with Gasteiger partial charge in [0.05, 0.1) is 11.9 Å². The maximum atomic E-state index is 5.22. The van der Waals surface area contributed by atoms with Crippen LogP contribution in [0.4, 0.5) is 5.69 Å². The molecule has 1 aromatic heterocycles. The fraction of sp³-hybridized carbons (Fsp3) is 0.125. The third-order valence-corrected chi connectivity index (χ3v) is 1.54. The zero-order valence-electron chi connectivity index (χ0n) is 6.61. The average Bonchev–Trinajstić information content (AvgIpc) is 2.04. The van der Waals surface area contributed by atoms with Crippen molar-refractivity contribution in [1.29, 1.82) is 0 Å². The summed E-state index contributed by atoms with van der Waals surface area (Å²) < 4.78 is 5.22. The SMILES string of the molecule is C=C1C=Nc2c(C)ncnc2O1. The van der Waals surface area contributed by atoms with E-state index in [1.807, 2.05) is 6.92 Å². The van der Waals surface area contributed by atoms with Gasteiger partial charge in [0.25, 0.3) is 0 Å². The van der Waals surface area contributed by atoms with Crippen molar-refractivity contribution in [1.82, 2.24) is 9.97 Å². The Balaban J connectivity index is 2.60. The molecule has 60 valence electrons. The van der Waals surface area contributed by atoms with Crippen LogP contribution in [0.25, 0.3) is 0 Å². The lowest BCUT2D eigenvalue weighted by Gasteiger charge is -2.11. The second-order valence-electron chi connectivity index (χ2n) is 2.44. The average molecular weight is 161 g/mol. The predicted octanol–water partition coefficient (Wildman–Crippen LogP) is 1.39. The topological polar surface area (TPSA) is 47.4 Å². The van der Waals surface area contributed by atoms with Gasteiger partial charge in [-0.05, 0) is 6.92 Å². The van der Waals surface area contributed by atoms with E-state index in [9.17, 15) is 0 Å². The van der Waals surface area contributed by atoms with Gasteiger partial charge in [0.15, 0.2) is 0 Å². The van der Waals surface area contributed by atoms with Gasteiger partial charge in [0.2, 0.25) is 5.88 Å². The van der Waals surface area contributed by atoms with Gasteiger partial charge in [0, 0.05) is 0 Å². The van der Waals surface area contributed by atoms with Crippen LogP contribution in [0.2, 0.25) is 0 Å². The summed E-state index contributed by atoms with van der Waals surface area (Å²) in [5.74, 6) is 0.982. The first-order valence-corrected chi connectivity index (χ1v) is 3.50. The summed E-state index contributed by atoms with van der Waals surface area (Å²) in [6, 6.07) is 0. The minimum atomic E-state index is 0.481. The first-order chi connectivity index (χ1) is 5.77. The summed E-state index contributed by atoms with van der Waals surface area (Å²) in [6.45, 7) is 5.47. The van der Waals surface area contributed by atoms with Crippen molar-refractivity contribution < 1.29 is 4.74 Å². The van der Waals surface area contributed by atoms with Crippen LogP contribution in [0.15, 0.2) is 23.7 Å². The Hall–Kier alpha value is -1.71. The third kappa shape index (κ3) is 0.972. The van der Waals surface area contributed by atoms with Crippen molar-refractivity contribution in [2.24, 2.45) is 4.99 Å². The minimum Gasteiger partial charge on any atom is -0.436 e. The van der Waals surface area contributed by atoms with Gasteiger partial charge < -0.3 is 4.74 Å². The molecule has 2 rings (SSSR count). The molecule has 1 aromatic rings. The molecule has 0 aliphatic carbocycles. The molecule has 12 heavy (non-hydrogen) atoms. The van der Waals surface area contributed by atoms with Crippen molar-refractivity contribution >= 4 is 11.9 Å². The highest BCUT2D eigenvalue weighted by molar-refractivity contribution is 5.82. The molecule has 0 saturated heterocycles. The largest absolute Gasteiger partial charge is 0.436 e. The molecule has 1 aliphatic rings. The van der Waals surface area contributed by atoms with Gasteiger partial charge in [-0.1, -0.05) is 6.58 Å². The molecule has 0 amide bonds. The third-order valence-electron chi connectivity index (χ3n) is 1.54. The summed E-state index contributed by atoms with van der Waals surface area (Å²) in [6.07, 6.45) is 3.00. The van der Waals surface area contributed by atoms with Gasteiger partial charge in [-0.2, -0.15) is 4.98 Å². The first-order valence-electron chi connectivity index (χ1n) is 3.50. The van der Waals surface area contributed by atoms with Gasteiger partial charge >= 0.3 is 0 Å². The lowest BCUT2D eigenvalue weighted by molar-refractivity contribution is 0.435. The molecule has 2 heterocycles. The molecule has 0 bridgehead atoms. The first kappa shape index (κ1) is 6.97. The number of aromatic nitrogens is 2. The van der Waals surface area contributed by atoms with Crippen molar-refractivity contribution in [2.75, 3.05) is 0 Å². The zero-order chi connectivity index (χ0) is 8.55. The lowest BCUT2D eigenvalue weighted by Crippen LogP contribution is -2.03. The molecule has 0 radical (unpaired) electrons. The smallest absolute Gasteiger partial charge is 0.248 e. The molecule has 1 aliphatic heterocycles. The van der Waals surface area contributed by atoms with E-state index in [2.05, 4.69) is 21.5 Å². The van der Waals surface area contributed by atoms with Crippen molar-refractivity contribution in [3.8, 4) is 5.88 Å². The van der Waals surface area contributed by atoms with E-state index in [1.54, 1.807) is 6.21 Å². The van der Waals surface area contributed by atoms with Gasteiger partial charge in [0.1, 0.15) is 17.8 Å². The van der Waals surface area contributed by atoms with Crippen LogP contribution in [0.5, 0.6) is 5.88 Å². The van der Waals surface area contributed by atoms with E-state index in [1.165, 1.54) is 6.33 Å². The lowest BCUT2D eigenvalue weighted by atomic mass is 10.3. The molecule has 0 aromatic carbocycles. The Morgan fingerprint density at radius 3 is 3.08 bits per heavy atom. The van der Waals surface area contributed by atoms with E-state index >= 15 is 0 Å². The van der Waals surface area contributed by atoms with Gasteiger partial charge in [-0.25, -0.2) is 9.98 Å². The number of nitrogens with zero attached hydrogens (tertiary/aromatic N) is 3. The summed E-state index contributed by atoms with van der Waals surface area (Å²) in [5, 5.41) is 0. The van der Waals surface area contributed by atoms with Gasteiger partial charge in [-0.3, -0.25) is 0 Å². The van der Waals surface area contributed by atoms with E-state index < -0.39 is 0 Å². The Morgan fingerprint density at radius 2 is 2.25 bits per heavy atom. The van der Waals surface area contributed by atoms with Gasteiger partial charge in [-0.15, -0.1) is 0 Å². The monoisotopic (exact) mass is 161 g/mol. The molecule has 0 unspecified atom stereocenters. The zero-order valence-corrected chi connectivity index (χ0v) is 6.61. The highest BCUT2D eigenvalue weighted by Crippen LogP contribution is 2.30. The van der Waals surface area contributed by atoms with Crippen LogP contribution < -0.4 is 4.74 Å². The highest BCUT2D eigenvalue weighted by Gasteiger charge is 2.12. The number of allylic oxidation sites excluding steroid dienone is 1. The highest BCUT2D eigenvalue weighted by atomic mass is 16.5. The molecular formula is C8H7N3O. The van der Waals surface area contributed by atoms with E-state index in [0.717, 1.165) is 5.69 Å². The summed E-state index contributed by atoms with van der Waals surface area (Å²) in [7, 11) is 0. The van der Waals surface area contributed by atoms with Crippen LogP contribution in [0.3, 0.4) is 0 Å². The van der Waals surface area contributed by atoms with E-state index in [0.29, 0.717) is 17.3 Å². The minimum absolute atomic E-state index is 0.481. The summed E-state index contributed by atoms with van der Waals surface area (Å²) in [5.41, 5.74) is 1.49. The fourth-order valence-electron chi connectivity index (χ4n) is 0.955. The maximum absolute atomic E-state index is 5.22. The Kier molecular flexibility index (Phi) is 1.40. The quantitative estimate of drug-likeness (QED) is 0.577. The molecule has 4 heteroatoms. The van der Waals surface area contributed by atoms with Crippen molar-refractivity contribution in [3.63, 3.8) is 0 Å². The Morgan fingerprint density at radius 1 is 1.42 bits per heavy atom. The second kappa shape index (κ2) is 2.41. The normalized spacial score (nSPS) is 13.9. The number of hydrogen-bond donors (Lipinski definition) is 0. The molecule has 4 nitrogen and oxygen atoms in total. The number of hydrogen-bond acceptors (Lipinski definition) is 4. The van der Waals surface area contributed by atoms with Crippen LogP contribution in [0, 0.1) is 6.92 Å². The number of fused-ring (bicyclic) bond motifs is 1. The van der Waals surface area contributed by atoms with Crippen LogP contribution in [-0.2, 0) is 0 Å².